The number of aromatic nitrogens is 4. The summed E-state index contributed by atoms with van der Waals surface area (Å²) < 4.78 is 53.0. The van der Waals surface area contributed by atoms with Crippen molar-refractivity contribution in [2.24, 2.45) is 0 Å². The smallest absolute Gasteiger partial charge is 0.339 e. The van der Waals surface area contributed by atoms with Gasteiger partial charge in [0, 0.05) is 49.6 Å². The van der Waals surface area contributed by atoms with Crippen LogP contribution in [-0.2, 0) is 17.4 Å². The van der Waals surface area contributed by atoms with Gasteiger partial charge in [-0.2, -0.15) is 18.2 Å². The van der Waals surface area contributed by atoms with Crippen LogP contribution < -0.4 is 0 Å². The minimum absolute atomic E-state index is 0.123. The second-order valence-corrected chi connectivity index (χ2v) is 8.09. The summed E-state index contributed by atoms with van der Waals surface area (Å²) in [6.07, 6.45) is -4.25. The van der Waals surface area contributed by atoms with E-state index in [1.165, 1.54) is 24.3 Å². The van der Waals surface area contributed by atoms with Crippen LogP contribution in [0, 0.1) is 19.7 Å². The van der Waals surface area contributed by atoms with E-state index in [0.29, 0.717) is 48.7 Å². The third-order valence-electron chi connectivity index (χ3n) is 5.90. The highest BCUT2D eigenvalue weighted by Crippen LogP contribution is 2.27. The predicted octanol–water partition coefficient (Wildman–Crippen LogP) is 2.82. The van der Waals surface area contributed by atoms with Gasteiger partial charge in [-0.1, -0.05) is 0 Å². The first-order chi connectivity index (χ1) is 16.0. The number of hydrogen-bond acceptors (Lipinski definition) is 5. The number of carbonyl (C=O) groups excluding carboxylic acids is 2. The predicted molar refractivity (Wildman–Crippen MR) is 112 cm³/mol. The normalized spacial score (nSPS) is 14.6. The Morgan fingerprint density at radius 3 is 2.21 bits per heavy atom. The molecule has 8 nitrogen and oxygen atoms in total. The molecule has 0 spiro atoms. The van der Waals surface area contributed by atoms with Crippen LogP contribution in [0.5, 0.6) is 0 Å². The van der Waals surface area contributed by atoms with E-state index in [4.69, 9.17) is 0 Å². The summed E-state index contributed by atoms with van der Waals surface area (Å²) >= 11 is 0. The summed E-state index contributed by atoms with van der Waals surface area (Å²) in [5, 5.41) is 3.52. The van der Waals surface area contributed by atoms with Crippen molar-refractivity contribution in [1.82, 2.24) is 29.4 Å². The van der Waals surface area contributed by atoms with Crippen LogP contribution in [0.25, 0.3) is 5.78 Å². The molecule has 34 heavy (non-hydrogen) atoms. The van der Waals surface area contributed by atoms with Crippen LogP contribution in [0.3, 0.4) is 0 Å². The molecular weight excluding hydrogens is 456 g/mol. The Morgan fingerprint density at radius 2 is 1.59 bits per heavy atom. The van der Waals surface area contributed by atoms with Gasteiger partial charge in [0.1, 0.15) is 5.82 Å². The number of alkyl halides is 3. The number of halogens is 4. The molecule has 1 saturated heterocycles. The molecule has 0 aliphatic carbocycles. The zero-order valence-electron chi connectivity index (χ0n) is 18.6. The molecule has 2 amide bonds. The molecule has 1 aliphatic rings. The van der Waals surface area contributed by atoms with Crippen molar-refractivity contribution in [3.63, 3.8) is 0 Å². The molecule has 0 saturated carbocycles. The van der Waals surface area contributed by atoms with Crippen molar-refractivity contribution in [2.45, 2.75) is 32.9 Å². The fourth-order valence-corrected chi connectivity index (χ4v) is 4.01. The second-order valence-electron chi connectivity index (χ2n) is 8.09. The third kappa shape index (κ3) is 4.70. The van der Waals surface area contributed by atoms with Crippen molar-refractivity contribution in [2.75, 3.05) is 26.2 Å². The monoisotopic (exact) mass is 478 g/mol. The van der Waals surface area contributed by atoms with E-state index in [0.717, 1.165) is 4.52 Å². The number of piperazine rings is 1. The van der Waals surface area contributed by atoms with Crippen LogP contribution in [0.2, 0.25) is 0 Å². The summed E-state index contributed by atoms with van der Waals surface area (Å²) in [4.78, 5) is 36.2. The van der Waals surface area contributed by atoms with Gasteiger partial charge >= 0.3 is 6.18 Å². The van der Waals surface area contributed by atoms with Gasteiger partial charge in [-0.25, -0.2) is 13.9 Å². The Balaban J connectivity index is 1.38. The molecule has 4 rings (SSSR count). The van der Waals surface area contributed by atoms with E-state index in [1.807, 2.05) is 0 Å². The highest BCUT2D eigenvalue weighted by Gasteiger charge is 2.37. The molecule has 180 valence electrons. The summed E-state index contributed by atoms with van der Waals surface area (Å²) in [5.74, 6) is -2.16. The van der Waals surface area contributed by atoms with Gasteiger partial charge in [0.25, 0.3) is 17.5 Å². The standard InChI is InChI=1S/C22H22F4N6O2/c1-13-17(14(2)32-21(27-13)28-20(29-32)22(24,25)26)7-8-18(33)30-9-11-31(12-10-30)19(34)15-3-5-16(23)6-4-15/h3-6H,7-12H2,1-2H3. The molecule has 0 atom stereocenters. The first-order valence-electron chi connectivity index (χ1n) is 10.7. The molecule has 1 aromatic carbocycles. The lowest BCUT2D eigenvalue weighted by atomic mass is 10.1. The van der Waals surface area contributed by atoms with E-state index in [2.05, 4.69) is 15.1 Å². The third-order valence-corrected chi connectivity index (χ3v) is 5.90. The minimum Gasteiger partial charge on any atom is -0.339 e. The maximum atomic E-state index is 13.1. The number of fused-ring (bicyclic) bond motifs is 1. The summed E-state index contributed by atoms with van der Waals surface area (Å²) in [6, 6.07) is 5.31. The van der Waals surface area contributed by atoms with E-state index < -0.39 is 17.8 Å². The summed E-state index contributed by atoms with van der Waals surface area (Å²) in [6.45, 7) is 4.71. The lowest BCUT2D eigenvalue weighted by Gasteiger charge is -2.35. The Kier molecular flexibility index (Phi) is 6.24. The first-order valence-corrected chi connectivity index (χ1v) is 10.7. The number of amides is 2. The van der Waals surface area contributed by atoms with Gasteiger partial charge in [-0.05, 0) is 50.1 Å². The number of hydrogen-bond donors (Lipinski definition) is 0. The van der Waals surface area contributed by atoms with Crippen molar-refractivity contribution in [1.29, 1.82) is 0 Å². The van der Waals surface area contributed by atoms with E-state index in [9.17, 15) is 27.2 Å². The maximum Gasteiger partial charge on any atom is 0.453 e. The van der Waals surface area contributed by atoms with Gasteiger partial charge in [-0.15, -0.1) is 5.10 Å². The highest BCUT2D eigenvalue weighted by molar-refractivity contribution is 5.94. The van der Waals surface area contributed by atoms with Gasteiger partial charge in [-0.3, -0.25) is 9.59 Å². The number of nitrogens with zero attached hydrogens (tertiary/aromatic N) is 6. The van der Waals surface area contributed by atoms with E-state index >= 15 is 0 Å². The van der Waals surface area contributed by atoms with Crippen LogP contribution >= 0.6 is 0 Å². The number of aryl methyl sites for hydroxylation is 2. The molecule has 3 aromatic rings. The van der Waals surface area contributed by atoms with Crippen molar-refractivity contribution in [3.8, 4) is 0 Å². The zero-order valence-corrected chi connectivity index (χ0v) is 18.6. The molecule has 0 N–H and O–H groups in total. The molecule has 1 aliphatic heterocycles. The van der Waals surface area contributed by atoms with E-state index in [1.54, 1.807) is 23.6 Å². The molecule has 0 unspecified atom stereocenters. The minimum atomic E-state index is -4.68. The molecule has 1 fully saturated rings. The number of rotatable bonds is 4. The average molecular weight is 478 g/mol. The maximum absolute atomic E-state index is 13.1. The Morgan fingerprint density at radius 1 is 0.971 bits per heavy atom. The van der Waals surface area contributed by atoms with E-state index in [-0.39, 0.29) is 30.4 Å². The second kappa shape index (κ2) is 8.99. The summed E-state index contributed by atoms with van der Waals surface area (Å²) in [7, 11) is 0. The van der Waals surface area contributed by atoms with Gasteiger partial charge in [0.05, 0.1) is 0 Å². The quantitative estimate of drug-likeness (QED) is 0.539. The van der Waals surface area contributed by atoms with Gasteiger partial charge < -0.3 is 9.80 Å². The molecule has 12 heteroatoms. The lowest BCUT2D eigenvalue weighted by molar-refractivity contribution is -0.144. The number of carbonyl (C=O) groups is 2. The fraction of sp³-hybridized carbons (Fsp3) is 0.409. The summed E-state index contributed by atoms with van der Waals surface area (Å²) in [5.41, 5.74) is 1.98. The highest BCUT2D eigenvalue weighted by atomic mass is 19.4. The molecule has 0 radical (unpaired) electrons. The zero-order chi connectivity index (χ0) is 24.6. The van der Waals surface area contributed by atoms with Crippen LogP contribution in [0.4, 0.5) is 17.6 Å². The molecule has 3 heterocycles. The SMILES string of the molecule is Cc1nc2nc(C(F)(F)F)nn2c(C)c1CCC(=O)N1CCN(C(=O)c2ccc(F)cc2)CC1. The molecule has 0 bridgehead atoms. The topological polar surface area (TPSA) is 83.7 Å². The average Bonchev–Trinajstić information content (AvgIpc) is 3.24. The Hall–Kier alpha value is -3.57. The largest absolute Gasteiger partial charge is 0.453 e. The molecular formula is C22H22F4N6O2. The number of benzene rings is 1. The van der Waals surface area contributed by atoms with Crippen molar-refractivity contribution < 1.29 is 27.2 Å². The van der Waals surface area contributed by atoms with Crippen LogP contribution in [0.1, 0.15) is 39.6 Å². The van der Waals surface area contributed by atoms with Crippen molar-refractivity contribution >= 4 is 17.6 Å². The van der Waals surface area contributed by atoms with Crippen LogP contribution in [-0.4, -0.2) is 67.4 Å². The Labute approximate surface area is 192 Å². The van der Waals surface area contributed by atoms with Gasteiger partial charge in [0.15, 0.2) is 0 Å². The van der Waals surface area contributed by atoms with Gasteiger partial charge in [0.2, 0.25) is 5.91 Å². The fourth-order valence-electron chi connectivity index (χ4n) is 4.01. The van der Waals surface area contributed by atoms with Crippen LogP contribution in [0.15, 0.2) is 24.3 Å². The Bertz CT molecular complexity index is 1230. The lowest BCUT2D eigenvalue weighted by Crippen LogP contribution is -2.50. The van der Waals surface area contributed by atoms with Crippen molar-refractivity contribution in [3.05, 3.63) is 58.4 Å². The first kappa shape index (κ1) is 23.6. The molecule has 2 aromatic heterocycles.